The van der Waals surface area contributed by atoms with Crippen LogP contribution in [0, 0.1) is 0 Å². The number of unbranched alkanes of at least 4 members (excludes halogenated alkanes) is 1. The predicted octanol–water partition coefficient (Wildman–Crippen LogP) is 2.06. The summed E-state index contributed by atoms with van der Waals surface area (Å²) >= 11 is 0. The fourth-order valence-electron chi connectivity index (χ4n) is 2.19. The normalized spacial score (nSPS) is 14.4. The minimum atomic E-state index is -3.85. The van der Waals surface area contributed by atoms with Gasteiger partial charge in [-0.1, -0.05) is 32.4 Å². The highest BCUT2D eigenvalue weighted by Crippen LogP contribution is 2.20. The Morgan fingerprint density at radius 3 is 2.35 bits per heavy atom. The highest BCUT2D eigenvalue weighted by Gasteiger charge is 2.25. The molecule has 0 saturated heterocycles. The molecule has 7 heteroatoms. The Morgan fingerprint density at radius 1 is 1.26 bits per heavy atom. The highest BCUT2D eigenvalue weighted by atomic mass is 32.2. The summed E-state index contributed by atoms with van der Waals surface area (Å²) in [5.74, 6) is -0.829. The summed E-state index contributed by atoms with van der Waals surface area (Å²) in [6, 6.07) is 5.44. The molecule has 0 aliphatic carbocycles. The molecule has 6 nitrogen and oxygen atoms in total. The van der Waals surface area contributed by atoms with Gasteiger partial charge in [-0.05, 0) is 49.4 Å². The van der Waals surface area contributed by atoms with Crippen LogP contribution in [0.1, 0.15) is 51.0 Å². The second-order valence-electron chi connectivity index (χ2n) is 5.67. The zero-order chi connectivity index (χ0) is 17.5. The average molecular weight is 342 g/mol. The maximum Gasteiger partial charge on any atom is 0.321 e. The topological polar surface area (TPSA) is 109 Å². The number of nitrogens with one attached hydrogen (secondary N) is 1. The van der Waals surface area contributed by atoms with E-state index >= 15 is 0 Å². The number of benzene rings is 1. The molecule has 0 aliphatic heterocycles. The molecule has 4 N–H and O–H groups in total. The minimum Gasteiger partial charge on any atom is -0.480 e. The summed E-state index contributed by atoms with van der Waals surface area (Å²) < 4.78 is 26.9. The van der Waals surface area contributed by atoms with Crippen molar-refractivity contribution in [3.05, 3.63) is 29.8 Å². The first-order chi connectivity index (χ1) is 10.8. The first-order valence-corrected chi connectivity index (χ1v) is 9.35. The smallest absolute Gasteiger partial charge is 0.321 e. The zero-order valence-corrected chi connectivity index (χ0v) is 14.5. The lowest BCUT2D eigenvalue weighted by Gasteiger charge is -2.15. The summed E-state index contributed by atoms with van der Waals surface area (Å²) in [5.41, 5.74) is 6.43. The maximum absolute atomic E-state index is 12.3. The van der Waals surface area contributed by atoms with E-state index in [1.165, 1.54) is 12.1 Å². The number of carbonyl (C=O) groups is 1. The van der Waals surface area contributed by atoms with Crippen LogP contribution in [0.2, 0.25) is 0 Å². The van der Waals surface area contributed by atoms with E-state index < -0.39 is 22.0 Å². The van der Waals surface area contributed by atoms with Crippen molar-refractivity contribution in [1.29, 1.82) is 0 Å². The summed E-state index contributed by atoms with van der Waals surface area (Å²) in [6.07, 6.45) is 2.40. The monoisotopic (exact) mass is 342 g/mol. The number of nitrogens with two attached hydrogens (primary N) is 1. The van der Waals surface area contributed by atoms with Crippen molar-refractivity contribution < 1.29 is 18.3 Å². The highest BCUT2D eigenvalue weighted by molar-refractivity contribution is 7.89. The first-order valence-electron chi connectivity index (χ1n) is 7.87. The first kappa shape index (κ1) is 19.6. The van der Waals surface area contributed by atoms with E-state index in [-0.39, 0.29) is 11.3 Å². The van der Waals surface area contributed by atoms with Gasteiger partial charge in [0, 0.05) is 0 Å². The predicted molar refractivity (Wildman–Crippen MR) is 89.8 cm³/mol. The Bertz CT molecular complexity index is 599. The van der Waals surface area contributed by atoms with E-state index in [4.69, 9.17) is 5.73 Å². The molecule has 1 unspecified atom stereocenters. The average Bonchev–Trinajstić information content (AvgIpc) is 2.53. The molecule has 1 aromatic carbocycles. The van der Waals surface area contributed by atoms with Gasteiger partial charge in [0.05, 0.1) is 4.90 Å². The molecule has 1 aromatic rings. The fraction of sp³-hybridized carbons (Fsp3) is 0.562. The van der Waals surface area contributed by atoms with Crippen molar-refractivity contribution >= 4 is 16.0 Å². The molecular weight excluding hydrogens is 316 g/mol. The van der Waals surface area contributed by atoms with Gasteiger partial charge in [-0.15, -0.1) is 0 Å². The van der Waals surface area contributed by atoms with Crippen molar-refractivity contribution in [2.75, 3.05) is 6.54 Å². The molecule has 2 atom stereocenters. The van der Waals surface area contributed by atoms with E-state index in [1.807, 2.05) is 0 Å². The number of sulfonamides is 1. The lowest BCUT2D eigenvalue weighted by atomic mass is 9.99. The standard InChI is InChI=1S/C16H26N2O4S/c1-3-12(2)13-7-9-14(10-8-13)23(21,22)18-15(16(19)20)6-4-5-11-17/h7-10,12,15,18H,3-6,11,17H2,1-2H3,(H,19,20)/t12?,15-/m0/s1. The molecule has 0 saturated carbocycles. The van der Waals surface area contributed by atoms with Gasteiger partial charge >= 0.3 is 5.97 Å². The quantitative estimate of drug-likeness (QED) is 0.564. The van der Waals surface area contributed by atoms with E-state index in [0.29, 0.717) is 25.3 Å². The van der Waals surface area contributed by atoms with Gasteiger partial charge in [0.25, 0.3) is 0 Å². The summed E-state index contributed by atoms with van der Waals surface area (Å²) in [6.45, 7) is 4.59. The summed E-state index contributed by atoms with van der Waals surface area (Å²) in [5, 5.41) is 9.17. The molecule has 0 radical (unpaired) electrons. The molecule has 23 heavy (non-hydrogen) atoms. The minimum absolute atomic E-state index is 0.0784. The van der Waals surface area contributed by atoms with Gasteiger partial charge in [0.1, 0.15) is 6.04 Å². The molecular formula is C16H26N2O4S. The van der Waals surface area contributed by atoms with Gasteiger partial charge in [-0.2, -0.15) is 4.72 Å². The van der Waals surface area contributed by atoms with Crippen LogP contribution in [-0.4, -0.2) is 32.1 Å². The molecule has 0 amide bonds. The van der Waals surface area contributed by atoms with E-state index in [1.54, 1.807) is 12.1 Å². The van der Waals surface area contributed by atoms with E-state index in [2.05, 4.69) is 18.6 Å². The molecule has 1 rings (SSSR count). The van der Waals surface area contributed by atoms with Crippen LogP contribution in [0.3, 0.4) is 0 Å². The van der Waals surface area contributed by atoms with Gasteiger partial charge < -0.3 is 10.8 Å². The molecule has 0 aromatic heterocycles. The van der Waals surface area contributed by atoms with Crippen LogP contribution in [0.5, 0.6) is 0 Å². The van der Waals surface area contributed by atoms with Crippen LogP contribution in [0.25, 0.3) is 0 Å². The SMILES string of the molecule is CCC(C)c1ccc(S(=O)(=O)N[C@@H](CCCCN)C(=O)O)cc1. The third-order valence-electron chi connectivity index (χ3n) is 3.91. The third kappa shape index (κ3) is 5.93. The lowest BCUT2D eigenvalue weighted by Crippen LogP contribution is -2.40. The van der Waals surface area contributed by atoms with Gasteiger partial charge in [0.2, 0.25) is 10.0 Å². The Morgan fingerprint density at radius 2 is 1.87 bits per heavy atom. The van der Waals surface area contributed by atoms with Crippen molar-refractivity contribution in [1.82, 2.24) is 4.72 Å². The Hall–Kier alpha value is -1.44. The van der Waals surface area contributed by atoms with Crippen LogP contribution in [0.4, 0.5) is 0 Å². The van der Waals surface area contributed by atoms with Crippen LogP contribution >= 0.6 is 0 Å². The molecule has 0 fully saturated rings. The summed E-state index contributed by atoms with van der Waals surface area (Å²) in [4.78, 5) is 11.3. The number of hydrogen-bond acceptors (Lipinski definition) is 4. The molecule has 0 bridgehead atoms. The Kier molecular flexibility index (Phi) is 7.67. The largest absolute Gasteiger partial charge is 0.480 e. The lowest BCUT2D eigenvalue weighted by molar-refractivity contribution is -0.139. The number of carboxylic acid groups (broad SMARTS) is 1. The molecule has 130 valence electrons. The number of aliphatic carboxylic acids is 1. The van der Waals surface area contributed by atoms with Gasteiger partial charge in [-0.25, -0.2) is 8.42 Å². The number of rotatable bonds is 10. The summed E-state index contributed by atoms with van der Waals surface area (Å²) in [7, 11) is -3.85. The van der Waals surface area contributed by atoms with Crippen LogP contribution < -0.4 is 10.5 Å². The van der Waals surface area contributed by atoms with E-state index in [0.717, 1.165) is 12.0 Å². The van der Waals surface area contributed by atoms with Gasteiger partial charge in [0.15, 0.2) is 0 Å². The molecule has 0 heterocycles. The van der Waals surface area contributed by atoms with Crippen molar-refractivity contribution in [3.63, 3.8) is 0 Å². The molecule has 0 aliphatic rings. The van der Waals surface area contributed by atoms with Crippen molar-refractivity contribution in [2.45, 2.75) is 56.4 Å². The second-order valence-corrected chi connectivity index (χ2v) is 7.39. The number of carboxylic acids is 1. The van der Waals surface area contributed by atoms with Crippen molar-refractivity contribution in [2.24, 2.45) is 5.73 Å². The van der Waals surface area contributed by atoms with Crippen molar-refractivity contribution in [3.8, 4) is 0 Å². The zero-order valence-electron chi connectivity index (χ0n) is 13.7. The third-order valence-corrected chi connectivity index (χ3v) is 5.40. The molecule has 0 spiro atoms. The maximum atomic E-state index is 12.3. The number of hydrogen-bond donors (Lipinski definition) is 3. The fourth-order valence-corrected chi connectivity index (χ4v) is 3.42. The van der Waals surface area contributed by atoms with Crippen LogP contribution in [0.15, 0.2) is 29.2 Å². The Labute approximate surface area is 138 Å². The van der Waals surface area contributed by atoms with Gasteiger partial charge in [-0.3, -0.25) is 4.79 Å². The van der Waals surface area contributed by atoms with E-state index in [9.17, 15) is 18.3 Å². The second kappa shape index (κ2) is 9.00. The Balaban J connectivity index is 2.85. The van der Waals surface area contributed by atoms with Crippen LogP contribution in [-0.2, 0) is 14.8 Å².